The minimum atomic E-state index is -4.05. The number of rotatable bonds is 6. The smallest absolute Gasteiger partial charge is 0.289 e. The van der Waals surface area contributed by atoms with Crippen molar-refractivity contribution < 1.29 is 18.1 Å². The van der Waals surface area contributed by atoms with E-state index in [1.54, 1.807) is 0 Å². The van der Waals surface area contributed by atoms with Crippen molar-refractivity contribution in [2.45, 2.75) is 4.90 Å². The van der Waals surface area contributed by atoms with Crippen LogP contribution < -0.4 is 4.72 Å². The third-order valence-corrected chi connectivity index (χ3v) is 5.79. The normalized spacial score (nSPS) is 16.4. The van der Waals surface area contributed by atoms with Gasteiger partial charge in [-0.1, -0.05) is 23.2 Å². The minimum Gasteiger partial charge on any atom is -0.379 e. The number of hydrogen-bond donors (Lipinski definition) is 1. The summed E-state index contributed by atoms with van der Waals surface area (Å²) in [6.07, 6.45) is 0. The first-order valence-electron chi connectivity index (χ1n) is 6.75. The Morgan fingerprint density at radius 3 is 2.57 bits per heavy atom. The molecule has 11 heteroatoms. The Balaban J connectivity index is 2.12. The minimum absolute atomic E-state index is 0.137. The lowest BCUT2D eigenvalue weighted by Gasteiger charge is -2.26. The molecule has 0 amide bonds. The van der Waals surface area contributed by atoms with Gasteiger partial charge in [0.15, 0.2) is 0 Å². The van der Waals surface area contributed by atoms with Crippen LogP contribution in [0.1, 0.15) is 0 Å². The monoisotopic (exact) mass is 383 g/mol. The molecule has 8 nitrogen and oxygen atoms in total. The number of sulfonamides is 1. The molecule has 0 aromatic heterocycles. The SMILES string of the molecule is O=[N+]([O-])c1ccc(Cl)c(S(=O)(=O)NCCN2CCOCC2)c1Cl. The van der Waals surface area contributed by atoms with Crippen molar-refractivity contribution in [3.05, 3.63) is 32.3 Å². The van der Waals surface area contributed by atoms with Crippen molar-refractivity contribution in [3.63, 3.8) is 0 Å². The summed E-state index contributed by atoms with van der Waals surface area (Å²) < 4.78 is 32.3. The van der Waals surface area contributed by atoms with E-state index in [0.717, 1.165) is 25.2 Å². The summed E-state index contributed by atoms with van der Waals surface area (Å²) in [6, 6.07) is 2.21. The second-order valence-electron chi connectivity index (χ2n) is 4.82. The van der Waals surface area contributed by atoms with E-state index < -0.39 is 30.6 Å². The van der Waals surface area contributed by atoms with Crippen LogP contribution in [0.5, 0.6) is 0 Å². The molecular weight excluding hydrogens is 369 g/mol. The Morgan fingerprint density at radius 1 is 1.30 bits per heavy atom. The summed E-state index contributed by atoms with van der Waals surface area (Å²) in [5.41, 5.74) is -0.510. The van der Waals surface area contributed by atoms with Crippen molar-refractivity contribution in [3.8, 4) is 0 Å². The quantitative estimate of drug-likeness (QED) is 0.589. The van der Waals surface area contributed by atoms with Gasteiger partial charge in [0, 0.05) is 32.2 Å². The maximum atomic E-state index is 12.3. The van der Waals surface area contributed by atoms with Crippen LogP contribution in [0.3, 0.4) is 0 Å². The first kappa shape index (κ1) is 18.4. The molecule has 0 bridgehead atoms. The summed E-state index contributed by atoms with van der Waals surface area (Å²) >= 11 is 11.7. The van der Waals surface area contributed by atoms with E-state index in [2.05, 4.69) is 4.72 Å². The van der Waals surface area contributed by atoms with Crippen LogP contribution in [0.4, 0.5) is 5.69 Å². The van der Waals surface area contributed by atoms with Gasteiger partial charge < -0.3 is 4.74 Å². The van der Waals surface area contributed by atoms with E-state index in [1.807, 2.05) is 4.90 Å². The standard InChI is InChI=1S/C12H15Cl2N3O5S/c13-9-1-2-10(17(18)19)11(14)12(9)23(20,21)15-3-4-16-5-7-22-8-6-16/h1-2,15H,3-8H2. The zero-order chi connectivity index (χ0) is 17.0. The van der Waals surface area contributed by atoms with E-state index >= 15 is 0 Å². The maximum Gasteiger partial charge on any atom is 0.289 e. The number of halogens is 2. The zero-order valence-corrected chi connectivity index (χ0v) is 14.3. The Morgan fingerprint density at radius 2 is 1.96 bits per heavy atom. The number of hydrogen-bond acceptors (Lipinski definition) is 6. The van der Waals surface area contributed by atoms with Gasteiger partial charge in [0.25, 0.3) is 5.69 Å². The number of morpholine rings is 1. The van der Waals surface area contributed by atoms with Crippen molar-refractivity contribution in [1.82, 2.24) is 9.62 Å². The number of nitrogens with one attached hydrogen (secondary N) is 1. The van der Waals surface area contributed by atoms with Gasteiger partial charge in [0.1, 0.15) is 9.92 Å². The number of benzene rings is 1. The van der Waals surface area contributed by atoms with Crippen LogP contribution in [-0.2, 0) is 14.8 Å². The van der Waals surface area contributed by atoms with Crippen LogP contribution in [-0.4, -0.2) is 57.6 Å². The van der Waals surface area contributed by atoms with Crippen molar-refractivity contribution in [1.29, 1.82) is 0 Å². The summed E-state index contributed by atoms with van der Waals surface area (Å²) in [7, 11) is -4.05. The fraction of sp³-hybridized carbons (Fsp3) is 0.500. The van der Waals surface area contributed by atoms with Gasteiger partial charge in [-0.05, 0) is 6.07 Å². The van der Waals surface area contributed by atoms with Crippen molar-refractivity contribution in [2.24, 2.45) is 0 Å². The second kappa shape index (κ2) is 7.73. The van der Waals surface area contributed by atoms with E-state index in [0.29, 0.717) is 19.8 Å². The van der Waals surface area contributed by atoms with Gasteiger partial charge in [-0.2, -0.15) is 0 Å². The number of nitro benzene ring substituents is 1. The molecule has 1 saturated heterocycles. The third-order valence-electron chi connectivity index (χ3n) is 3.32. The summed E-state index contributed by atoms with van der Waals surface area (Å²) in [4.78, 5) is 11.7. The first-order valence-corrected chi connectivity index (χ1v) is 8.99. The Labute approximate surface area is 143 Å². The molecule has 1 N–H and O–H groups in total. The Kier molecular flexibility index (Phi) is 6.18. The van der Waals surface area contributed by atoms with Crippen molar-refractivity contribution in [2.75, 3.05) is 39.4 Å². The van der Waals surface area contributed by atoms with E-state index in [9.17, 15) is 18.5 Å². The molecule has 1 aromatic rings. The van der Waals surface area contributed by atoms with Gasteiger partial charge >= 0.3 is 0 Å². The highest BCUT2D eigenvalue weighted by Crippen LogP contribution is 2.36. The van der Waals surface area contributed by atoms with Crippen LogP contribution in [0.25, 0.3) is 0 Å². The molecule has 1 aliphatic rings. The van der Waals surface area contributed by atoms with Crippen LogP contribution >= 0.6 is 23.2 Å². The highest BCUT2D eigenvalue weighted by atomic mass is 35.5. The molecule has 0 saturated carbocycles. The van der Waals surface area contributed by atoms with Crippen LogP contribution in [0.2, 0.25) is 10.0 Å². The maximum absolute atomic E-state index is 12.3. The summed E-state index contributed by atoms with van der Waals surface area (Å²) in [5, 5.41) is 10.2. The average molecular weight is 384 g/mol. The summed E-state index contributed by atoms with van der Waals surface area (Å²) in [5.74, 6) is 0. The predicted molar refractivity (Wildman–Crippen MR) is 85.6 cm³/mol. The van der Waals surface area contributed by atoms with E-state index in [4.69, 9.17) is 27.9 Å². The molecule has 23 heavy (non-hydrogen) atoms. The molecule has 0 spiro atoms. The van der Waals surface area contributed by atoms with Gasteiger partial charge in [0.2, 0.25) is 10.0 Å². The average Bonchev–Trinajstić information content (AvgIpc) is 2.47. The zero-order valence-electron chi connectivity index (χ0n) is 12.0. The number of nitrogens with zero attached hydrogens (tertiary/aromatic N) is 2. The first-order chi connectivity index (χ1) is 10.8. The lowest BCUT2D eigenvalue weighted by atomic mass is 10.3. The van der Waals surface area contributed by atoms with Gasteiger partial charge in [-0.25, -0.2) is 13.1 Å². The molecule has 0 unspecified atom stereocenters. The number of nitro groups is 1. The molecule has 1 heterocycles. The van der Waals surface area contributed by atoms with Crippen LogP contribution in [0, 0.1) is 10.1 Å². The molecule has 1 aliphatic heterocycles. The molecule has 1 fully saturated rings. The van der Waals surface area contributed by atoms with Gasteiger partial charge in [0.05, 0.1) is 23.2 Å². The molecule has 0 atom stereocenters. The van der Waals surface area contributed by atoms with Gasteiger partial charge in [-0.3, -0.25) is 15.0 Å². The highest BCUT2D eigenvalue weighted by Gasteiger charge is 2.28. The Hall–Kier alpha value is -0.970. The van der Waals surface area contributed by atoms with Crippen LogP contribution in [0.15, 0.2) is 17.0 Å². The largest absolute Gasteiger partial charge is 0.379 e. The Bertz CT molecular complexity index is 692. The lowest BCUT2D eigenvalue weighted by molar-refractivity contribution is -0.384. The molecule has 128 valence electrons. The highest BCUT2D eigenvalue weighted by molar-refractivity contribution is 7.89. The topological polar surface area (TPSA) is 102 Å². The molecule has 2 rings (SSSR count). The number of ether oxygens (including phenoxy) is 1. The second-order valence-corrected chi connectivity index (χ2v) is 7.31. The molecular formula is C12H15Cl2N3O5S. The van der Waals surface area contributed by atoms with E-state index in [-0.39, 0.29) is 11.6 Å². The lowest BCUT2D eigenvalue weighted by Crippen LogP contribution is -2.41. The molecule has 1 aromatic carbocycles. The fourth-order valence-corrected chi connectivity index (χ4v) is 4.36. The molecule has 0 radical (unpaired) electrons. The summed E-state index contributed by atoms with van der Waals surface area (Å²) in [6.45, 7) is 3.29. The van der Waals surface area contributed by atoms with Crippen molar-refractivity contribution >= 4 is 38.9 Å². The molecule has 0 aliphatic carbocycles. The third kappa shape index (κ3) is 4.52. The van der Waals surface area contributed by atoms with E-state index in [1.165, 1.54) is 0 Å². The predicted octanol–water partition coefficient (Wildman–Crippen LogP) is 1.51. The van der Waals surface area contributed by atoms with Gasteiger partial charge in [-0.15, -0.1) is 0 Å². The fourth-order valence-electron chi connectivity index (χ4n) is 2.14.